The first-order valence-corrected chi connectivity index (χ1v) is 11.0. The molecule has 0 aliphatic heterocycles. The van der Waals surface area contributed by atoms with E-state index in [0.717, 1.165) is 36.4 Å². The maximum absolute atomic E-state index is 13.7. The van der Waals surface area contributed by atoms with Gasteiger partial charge in [0.15, 0.2) is 0 Å². The molecule has 7 nitrogen and oxygen atoms in total. The molecule has 0 heterocycles. The molecule has 13 heteroatoms. The van der Waals surface area contributed by atoms with Gasteiger partial charge in [-0.2, -0.15) is 0 Å². The summed E-state index contributed by atoms with van der Waals surface area (Å²) in [4.78, 5) is 10.3. The molecule has 3 N–H and O–H groups in total. The average molecular weight is 491 g/mol. The van der Waals surface area contributed by atoms with Gasteiger partial charge in [-0.3, -0.25) is 9.52 Å². The highest BCUT2D eigenvalue weighted by atomic mass is 32.2. The number of halogens is 4. The van der Waals surface area contributed by atoms with Crippen molar-refractivity contribution in [3.63, 3.8) is 0 Å². The first-order chi connectivity index (χ1) is 14.9. The maximum Gasteiger partial charge on any atom is 0.573 e. The lowest BCUT2D eigenvalue weighted by Gasteiger charge is -2.15. The molecule has 32 heavy (non-hydrogen) atoms. The molecule has 0 saturated carbocycles. The standard InChI is InChI=1S/C19H13F4NO6S2/c20-10-4-5-13-14(6-10)18(27)16(31-9-17(25)26)8-15(13)24-32(28,29)12-3-1-2-11(7-12)30-19(21,22)23/h1-8,24,27H,9H2,(H,25,26). The second kappa shape index (κ2) is 8.74. The Kier molecular flexibility index (Phi) is 6.41. The lowest BCUT2D eigenvalue weighted by molar-refractivity contribution is -0.274. The summed E-state index contributed by atoms with van der Waals surface area (Å²) in [6, 6.07) is 7.96. The first kappa shape index (κ1) is 23.5. The molecule has 0 atom stereocenters. The van der Waals surface area contributed by atoms with Crippen LogP contribution < -0.4 is 9.46 Å². The molecule has 0 aliphatic carbocycles. The summed E-state index contributed by atoms with van der Waals surface area (Å²) in [5.41, 5.74) is -0.146. The summed E-state index contributed by atoms with van der Waals surface area (Å²) >= 11 is 0.669. The highest BCUT2D eigenvalue weighted by Crippen LogP contribution is 2.41. The van der Waals surface area contributed by atoms with E-state index in [0.29, 0.717) is 17.8 Å². The fraction of sp³-hybridized carbons (Fsp3) is 0.105. The molecule has 3 aromatic carbocycles. The molecule has 3 aromatic rings. The zero-order valence-corrected chi connectivity index (χ0v) is 17.3. The molecule has 0 fully saturated rings. The maximum atomic E-state index is 13.7. The summed E-state index contributed by atoms with van der Waals surface area (Å²) in [5.74, 6) is -3.63. The zero-order chi connectivity index (χ0) is 23.7. The molecule has 0 aromatic heterocycles. The Morgan fingerprint density at radius 3 is 2.47 bits per heavy atom. The molecule has 3 rings (SSSR count). The summed E-state index contributed by atoms with van der Waals surface area (Å²) < 4.78 is 82.6. The molecular weight excluding hydrogens is 478 g/mol. The number of sulfonamides is 1. The number of aliphatic carboxylic acids is 1. The Morgan fingerprint density at radius 2 is 1.81 bits per heavy atom. The fourth-order valence-corrected chi connectivity index (χ4v) is 4.57. The van der Waals surface area contributed by atoms with E-state index in [1.54, 1.807) is 0 Å². The van der Waals surface area contributed by atoms with Gasteiger partial charge in [0, 0.05) is 16.8 Å². The van der Waals surface area contributed by atoms with Gasteiger partial charge in [-0.25, -0.2) is 12.8 Å². The molecule has 170 valence electrons. The topological polar surface area (TPSA) is 113 Å². The minimum absolute atomic E-state index is 0.0441. The monoisotopic (exact) mass is 491 g/mol. The number of nitrogens with one attached hydrogen (secondary N) is 1. The average Bonchev–Trinajstić information content (AvgIpc) is 2.68. The van der Waals surface area contributed by atoms with Gasteiger partial charge >= 0.3 is 12.3 Å². The zero-order valence-electron chi connectivity index (χ0n) is 15.7. The van der Waals surface area contributed by atoms with Crippen LogP contribution in [0, 0.1) is 5.82 Å². The van der Waals surface area contributed by atoms with E-state index in [-0.39, 0.29) is 21.4 Å². The van der Waals surface area contributed by atoms with Gasteiger partial charge in [0.2, 0.25) is 0 Å². The molecule has 0 amide bonds. The Labute approximate surface area is 182 Å². The number of alkyl halides is 3. The number of ether oxygens (including phenoxy) is 1. The van der Waals surface area contributed by atoms with Crippen LogP contribution in [0.1, 0.15) is 0 Å². The van der Waals surface area contributed by atoms with Crippen molar-refractivity contribution in [2.75, 3.05) is 10.5 Å². The number of benzene rings is 3. The molecule has 0 radical (unpaired) electrons. The van der Waals surface area contributed by atoms with Crippen molar-refractivity contribution in [1.82, 2.24) is 0 Å². The van der Waals surface area contributed by atoms with E-state index >= 15 is 0 Å². The van der Waals surface area contributed by atoms with Crippen LogP contribution in [0.4, 0.5) is 23.2 Å². The second-order valence-corrected chi connectivity index (χ2v) is 8.97. The molecule has 0 saturated heterocycles. The summed E-state index contributed by atoms with van der Waals surface area (Å²) in [6.07, 6.45) is -5.02. The highest BCUT2D eigenvalue weighted by molar-refractivity contribution is 8.00. The van der Waals surface area contributed by atoms with Crippen molar-refractivity contribution in [3.8, 4) is 11.5 Å². The van der Waals surface area contributed by atoms with Crippen molar-refractivity contribution in [3.05, 3.63) is 54.3 Å². The normalized spacial score (nSPS) is 12.0. The predicted octanol–water partition coefficient (Wildman–Crippen LogP) is 4.56. The minimum atomic E-state index is -5.02. The van der Waals surface area contributed by atoms with E-state index in [1.807, 2.05) is 0 Å². The molecule has 0 spiro atoms. The van der Waals surface area contributed by atoms with Crippen LogP contribution in [0.15, 0.2) is 58.3 Å². The number of hydrogen-bond donors (Lipinski definition) is 3. The molecular formula is C19H13F4NO6S2. The van der Waals surface area contributed by atoms with Crippen LogP contribution in [0.25, 0.3) is 10.8 Å². The second-order valence-electron chi connectivity index (χ2n) is 6.27. The summed E-state index contributed by atoms with van der Waals surface area (Å²) in [5, 5.41) is 19.2. The Hall–Kier alpha value is -3.19. The van der Waals surface area contributed by atoms with Crippen molar-refractivity contribution in [1.29, 1.82) is 0 Å². The number of phenols is 1. The summed E-state index contributed by atoms with van der Waals surface area (Å²) in [6.45, 7) is 0. The van der Waals surface area contributed by atoms with Crippen molar-refractivity contribution >= 4 is 44.2 Å². The number of carboxylic acid groups (broad SMARTS) is 1. The number of anilines is 1. The number of thioether (sulfide) groups is 1. The van der Waals surface area contributed by atoms with Gasteiger partial charge in [0.05, 0.1) is 21.2 Å². The predicted molar refractivity (Wildman–Crippen MR) is 108 cm³/mol. The molecule has 0 unspecified atom stereocenters. The quantitative estimate of drug-likeness (QED) is 0.252. The van der Waals surface area contributed by atoms with E-state index in [1.165, 1.54) is 6.07 Å². The fourth-order valence-electron chi connectivity index (χ4n) is 2.73. The van der Waals surface area contributed by atoms with Gasteiger partial charge in [-0.05, 0) is 36.4 Å². The SMILES string of the molecule is O=C(O)CSc1cc(NS(=O)(=O)c2cccc(OC(F)(F)F)c2)c2ccc(F)cc2c1O. The van der Waals surface area contributed by atoms with Gasteiger partial charge < -0.3 is 14.9 Å². The van der Waals surface area contributed by atoms with Gasteiger partial charge in [0.25, 0.3) is 10.0 Å². The molecule has 0 aliphatic rings. The van der Waals surface area contributed by atoms with Gasteiger partial charge in [0.1, 0.15) is 17.3 Å². The third-order valence-corrected chi connectivity index (χ3v) is 6.36. The van der Waals surface area contributed by atoms with Crippen LogP contribution in [-0.2, 0) is 14.8 Å². The van der Waals surface area contributed by atoms with E-state index in [9.17, 15) is 35.9 Å². The van der Waals surface area contributed by atoms with Crippen LogP contribution in [-0.4, -0.2) is 36.7 Å². The number of aromatic hydroxyl groups is 1. The third-order valence-electron chi connectivity index (χ3n) is 3.98. The largest absolute Gasteiger partial charge is 0.573 e. The lowest BCUT2D eigenvalue weighted by atomic mass is 10.1. The number of carbonyl (C=O) groups is 1. The number of fused-ring (bicyclic) bond motifs is 1. The lowest BCUT2D eigenvalue weighted by Crippen LogP contribution is -2.18. The first-order valence-electron chi connectivity index (χ1n) is 8.54. The number of hydrogen-bond acceptors (Lipinski definition) is 6. The number of carboxylic acids is 1. The van der Waals surface area contributed by atoms with E-state index in [4.69, 9.17) is 5.11 Å². The van der Waals surface area contributed by atoms with Crippen LogP contribution in [0.3, 0.4) is 0 Å². The van der Waals surface area contributed by atoms with Crippen LogP contribution in [0.2, 0.25) is 0 Å². The van der Waals surface area contributed by atoms with Crippen molar-refractivity contribution in [2.45, 2.75) is 16.2 Å². The minimum Gasteiger partial charge on any atom is -0.506 e. The Balaban J connectivity index is 2.06. The van der Waals surface area contributed by atoms with Gasteiger partial charge in [-0.1, -0.05) is 6.07 Å². The smallest absolute Gasteiger partial charge is 0.506 e. The third kappa shape index (κ3) is 5.53. The van der Waals surface area contributed by atoms with Crippen LogP contribution in [0.5, 0.6) is 11.5 Å². The van der Waals surface area contributed by atoms with Crippen molar-refractivity contribution in [2.24, 2.45) is 0 Å². The Morgan fingerprint density at radius 1 is 1.09 bits per heavy atom. The molecule has 0 bridgehead atoms. The van der Waals surface area contributed by atoms with E-state index in [2.05, 4.69) is 9.46 Å². The van der Waals surface area contributed by atoms with E-state index < -0.39 is 50.3 Å². The van der Waals surface area contributed by atoms with Gasteiger partial charge in [-0.15, -0.1) is 24.9 Å². The summed E-state index contributed by atoms with van der Waals surface area (Å²) in [7, 11) is -4.45. The highest BCUT2D eigenvalue weighted by Gasteiger charge is 2.31. The number of rotatable bonds is 7. The van der Waals surface area contributed by atoms with Crippen molar-refractivity contribution < 1.29 is 45.7 Å². The Bertz CT molecular complexity index is 1290. The number of phenolic OH excluding ortho intramolecular Hbond substituents is 1. The van der Waals surface area contributed by atoms with Crippen LogP contribution >= 0.6 is 11.8 Å².